The molecule has 0 unspecified atom stereocenters. The molecule has 0 bridgehead atoms. The van der Waals surface area contributed by atoms with Crippen LogP contribution in [0.1, 0.15) is 0 Å². The van der Waals surface area contributed by atoms with Crippen molar-refractivity contribution in [3.8, 4) is 12.3 Å². The zero-order valence-electron chi connectivity index (χ0n) is 6.10. The number of nitrogens with one attached hydrogen (secondary N) is 2. The molecule has 0 fully saturated rings. The zero-order valence-corrected chi connectivity index (χ0v) is 8.25. The molecule has 0 saturated carbocycles. The van der Waals surface area contributed by atoms with E-state index >= 15 is 0 Å². The number of nitrogens with zero attached hydrogens (tertiary/aromatic N) is 1. The number of hydrogen-bond donors (Lipinski definition) is 2. The molecule has 0 atom stereocenters. The Labute approximate surface area is 82.9 Å². The van der Waals surface area contributed by atoms with E-state index in [0.29, 0.717) is 15.9 Å². The van der Waals surface area contributed by atoms with Crippen LogP contribution in [0, 0.1) is 15.9 Å². The lowest BCUT2D eigenvalue weighted by Gasteiger charge is -2.01. The molecule has 0 saturated heterocycles. The summed E-state index contributed by atoms with van der Waals surface area (Å²) >= 11 is 1.91. The number of hydrogen-bond acceptors (Lipinski definition) is 3. The van der Waals surface area contributed by atoms with Crippen LogP contribution in [0.25, 0.3) is 0 Å². The summed E-state index contributed by atoms with van der Waals surface area (Å²) < 4.78 is 0.519. The van der Waals surface area contributed by atoms with Crippen LogP contribution in [0.5, 0.6) is 0 Å². The van der Waals surface area contributed by atoms with Gasteiger partial charge in [-0.05, 0) is 22.6 Å². The van der Waals surface area contributed by atoms with Gasteiger partial charge in [0.15, 0.2) is 0 Å². The summed E-state index contributed by atoms with van der Waals surface area (Å²) in [6.07, 6.45) is 6.37. The summed E-state index contributed by atoms with van der Waals surface area (Å²) in [6.45, 7) is 0.368. The summed E-state index contributed by atoms with van der Waals surface area (Å²) in [6, 6.07) is 0. The second-order valence-electron chi connectivity index (χ2n) is 1.95. The third-order valence-electron chi connectivity index (χ3n) is 1.15. The Hall–Kier alpha value is -1.03. The van der Waals surface area contributed by atoms with E-state index in [1.165, 1.54) is 6.33 Å². The monoisotopic (exact) mass is 275 g/mol. The van der Waals surface area contributed by atoms with Gasteiger partial charge in [-0.1, -0.05) is 5.92 Å². The van der Waals surface area contributed by atoms with Gasteiger partial charge in [0.1, 0.15) is 9.39 Å². The fourth-order valence-corrected chi connectivity index (χ4v) is 1.13. The van der Waals surface area contributed by atoms with Crippen LogP contribution in [0.3, 0.4) is 0 Å². The fraction of sp³-hybridized carbons (Fsp3) is 0.143. The molecule has 1 aromatic rings. The summed E-state index contributed by atoms with van der Waals surface area (Å²) in [7, 11) is 0. The van der Waals surface area contributed by atoms with Crippen molar-refractivity contribution in [3.63, 3.8) is 0 Å². The SMILES string of the molecule is C#CCNc1nc[nH]c(=O)c1I. The first-order valence-corrected chi connectivity index (χ1v) is 4.24. The predicted octanol–water partition coefficient (Wildman–Crippen LogP) is 0.420. The Morgan fingerprint density at radius 1 is 1.83 bits per heavy atom. The van der Waals surface area contributed by atoms with Gasteiger partial charge in [0.25, 0.3) is 5.56 Å². The number of H-pyrrole nitrogens is 1. The maximum absolute atomic E-state index is 11.0. The van der Waals surface area contributed by atoms with Gasteiger partial charge < -0.3 is 10.3 Å². The molecule has 12 heavy (non-hydrogen) atoms. The number of rotatable bonds is 2. The van der Waals surface area contributed by atoms with E-state index in [0.717, 1.165) is 0 Å². The van der Waals surface area contributed by atoms with Gasteiger partial charge in [-0.25, -0.2) is 4.98 Å². The van der Waals surface area contributed by atoms with Crippen LogP contribution < -0.4 is 10.9 Å². The molecule has 62 valence electrons. The molecule has 0 aliphatic heterocycles. The molecule has 5 heteroatoms. The quantitative estimate of drug-likeness (QED) is 0.607. The minimum absolute atomic E-state index is 0.162. The lowest BCUT2D eigenvalue weighted by Crippen LogP contribution is -2.14. The van der Waals surface area contributed by atoms with Crippen LogP contribution in [0.4, 0.5) is 5.82 Å². The topological polar surface area (TPSA) is 57.8 Å². The molecule has 0 aliphatic carbocycles. The highest BCUT2D eigenvalue weighted by atomic mass is 127. The highest BCUT2D eigenvalue weighted by Crippen LogP contribution is 2.07. The zero-order chi connectivity index (χ0) is 8.97. The first-order chi connectivity index (χ1) is 5.75. The Morgan fingerprint density at radius 3 is 3.25 bits per heavy atom. The van der Waals surface area contributed by atoms with E-state index in [1.807, 2.05) is 22.6 Å². The van der Waals surface area contributed by atoms with Crippen LogP contribution in [-0.4, -0.2) is 16.5 Å². The molecule has 0 radical (unpaired) electrons. The van der Waals surface area contributed by atoms with Gasteiger partial charge >= 0.3 is 0 Å². The Morgan fingerprint density at radius 2 is 2.58 bits per heavy atom. The molecular weight excluding hydrogens is 269 g/mol. The number of terminal acetylenes is 1. The van der Waals surface area contributed by atoms with Crippen molar-refractivity contribution in [3.05, 3.63) is 20.3 Å². The summed E-state index contributed by atoms with van der Waals surface area (Å²) in [5.41, 5.74) is -0.162. The van der Waals surface area contributed by atoms with Gasteiger partial charge in [-0.15, -0.1) is 6.42 Å². The van der Waals surface area contributed by atoms with E-state index < -0.39 is 0 Å². The van der Waals surface area contributed by atoms with E-state index in [2.05, 4.69) is 21.2 Å². The van der Waals surface area contributed by atoms with Crippen molar-refractivity contribution in [2.24, 2.45) is 0 Å². The molecule has 4 nitrogen and oxygen atoms in total. The average Bonchev–Trinajstić information content (AvgIpc) is 2.08. The highest BCUT2D eigenvalue weighted by molar-refractivity contribution is 14.1. The van der Waals surface area contributed by atoms with E-state index in [4.69, 9.17) is 6.42 Å². The Bertz CT molecular complexity index is 366. The maximum atomic E-state index is 11.0. The second-order valence-corrected chi connectivity index (χ2v) is 3.03. The van der Waals surface area contributed by atoms with Crippen molar-refractivity contribution in [1.82, 2.24) is 9.97 Å². The van der Waals surface area contributed by atoms with E-state index in [-0.39, 0.29) is 5.56 Å². The third-order valence-corrected chi connectivity index (χ3v) is 2.16. The number of anilines is 1. The maximum Gasteiger partial charge on any atom is 0.266 e. The molecule has 2 N–H and O–H groups in total. The van der Waals surface area contributed by atoms with Crippen molar-refractivity contribution in [2.75, 3.05) is 11.9 Å². The summed E-state index contributed by atoms with van der Waals surface area (Å²) in [4.78, 5) is 17.4. The molecule has 1 heterocycles. The van der Waals surface area contributed by atoms with Crippen molar-refractivity contribution >= 4 is 28.4 Å². The highest BCUT2D eigenvalue weighted by Gasteiger charge is 2.02. The molecular formula is C7H6IN3O. The molecule has 0 amide bonds. The van der Waals surface area contributed by atoms with E-state index in [9.17, 15) is 4.79 Å². The van der Waals surface area contributed by atoms with Gasteiger partial charge in [0.05, 0.1) is 12.9 Å². The number of halogens is 1. The predicted molar refractivity (Wildman–Crippen MR) is 54.9 cm³/mol. The summed E-state index contributed by atoms with van der Waals surface area (Å²) in [5, 5.41) is 2.83. The fourth-order valence-electron chi connectivity index (χ4n) is 0.641. The standard InChI is InChI=1S/C7H6IN3O/c1-2-3-9-6-5(8)7(12)11-4-10-6/h1,4H,3H2,(H2,9,10,11,12). The molecule has 0 aromatic carbocycles. The lowest BCUT2D eigenvalue weighted by atomic mass is 10.5. The van der Waals surface area contributed by atoms with Gasteiger partial charge in [-0.2, -0.15) is 0 Å². The van der Waals surface area contributed by atoms with Crippen LogP contribution in [-0.2, 0) is 0 Å². The minimum Gasteiger partial charge on any atom is -0.358 e. The third kappa shape index (κ3) is 1.98. The number of aromatic amines is 1. The summed E-state index contributed by atoms with van der Waals surface area (Å²) in [5.74, 6) is 2.92. The van der Waals surface area contributed by atoms with Gasteiger partial charge in [0.2, 0.25) is 0 Å². The minimum atomic E-state index is -0.162. The lowest BCUT2D eigenvalue weighted by molar-refractivity contribution is 1.08. The van der Waals surface area contributed by atoms with Crippen LogP contribution in [0.15, 0.2) is 11.1 Å². The van der Waals surface area contributed by atoms with Crippen LogP contribution >= 0.6 is 22.6 Å². The largest absolute Gasteiger partial charge is 0.358 e. The van der Waals surface area contributed by atoms with Crippen molar-refractivity contribution in [2.45, 2.75) is 0 Å². The molecule has 1 aromatic heterocycles. The van der Waals surface area contributed by atoms with E-state index in [1.54, 1.807) is 0 Å². The Balaban J connectivity index is 2.94. The first-order valence-electron chi connectivity index (χ1n) is 3.16. The molecule has 0 spiro atoms. The normalized spacial score (nSPS) is 9.00. The van der Waals surface area contributed by atoms with Gasteiger partial charge in [-0.3, -0.25) is 4.79 Å². The second kappa shape index (κ2) is 4.11. The van der Waals surface area contributed by atoms with Crippen molar-refractivity contribution < 1.29 is 0 Å². The molecule has 0 aliphatic rings. The van der Waals surface area contributed by atoms with Gasteiger partial charge in [0, 0.05) is 0 Å². The first kappa shape index (κ1) is 9.06. The molecule has 1 rings (SSSR count). The van der Waals surface area contributed by atoms with Crippen molar-refractivity contribution in [1.29, 1.82) is 0 Å². The average molecular weight is 275 g/mol. The smallest absolute Gasteiger partial charge is 0.266 e. The number of aromatic nitrogens is 2. The van der Waals surface area contributed by atoms with Crippen LogP contribution in [0.2, 0.25) is 0 Å². The Kier molecular flexibility index (Phi) is 3.10.